The van der Waals surface area contributed by atoms with Gasteiger partial charge in [0.2, 0.25) is 5.88 Å². The predicted molar refractivity (Wildman–Crippen MR) is 107 cm³/mol. The third-order valence-electron chi connectivity index (χ3n) is 3.79. The van der Waals surface area contributed by atoms with Crippen LogP contribution in [-0.4, -0.2) is 24.1 Å². The quantitative estimate of drug-likeness (QED) is 0.602. The molecule has 0 spiro atoms. The van der Waals surface area contributed by atoms with Gasteiger partial charge in [0.25, 0.3) is 5.91 Å². The summed E-state index contributed by atoms with van der Waals surface area (Å²) in [6.07, 6.45) is 1.59. The Morgan fingerprint density at radius 2 is 1.61 bits per heavy atom. The van der Waals surface area contributed by atoms with E-state index in [1.54, 1.807) is 30.5 Å². The van der Waals surface area contributed by atoms with Gasteiger partial charge in [0, 0.05) is 6.20 Å². The summed E-state index contributed by atoms with van der Waals surface area (Å²) < 4.78 is 16.8. The third-order valence-corrected chi connectivity index (χ3v) is 3.79. The predicted octanol–water partition coefficient (Wildman–Crippen LogP) is 4.92. The number of hydrogen-bond donors (Lipinski definition) is 1. The van der Waals surface area contributed by atoms with Gasteiger partial charge in [0.15, 0.2) is 5.75 Å². The summed E-state index contributed by atoms with van der Waals surface area (Å²) in [6, 6.07) is 17.9. The molecule has 0 saturated heterocycles. The minimum Gasteiger partial charge on any atom is -0.494 e. The topological polar surface area (TPSA) is 69.7 Å². The zero-order valence-electron chi connectivity index (χ0n) is 15.8. The van der Waals surface area contributed by atoms with Crippen molar-refractivity contribution in [3.05, 3.63) is 72.4 Å². The molecule has 144 valence electrons. The molecule has 0 unspecified atom stereocenters. The van der Waals surface area contributed by atoms with E-state index < -0.39 is 0 Å². The monoisotopic (exact) mass is 378 g/mol. The molecule has 0 aliphatic carbocycles. The van der Waals surface area contributed by atoms with Gasteiger partial charge >= 0.3 is 0 Å². The first-order valence-electron chi connectivity index (χ1n) is 9.10. The van der Waals surface area contributed by atoms with Gasteiger partial charge in [-0.3, -0.25) is 4.79 Å². The highest BCUT2D eigenvalue weighted by Gasteiger charge is 2.15. The Morgan fingerprint density at radius 1 is 0.893 bits per heavy atom. The molecule has 1 heterocycles. The van der Waals surface area contributed by atoms with Crippen LogP contribution < -0.4 is 19.5 Å². The minimum absolute atomic E-state index is 0.299. The highest BCUT2D eigenvalue weighted by molar-refractivity contribution is 6.06. The Hall–Kier alpha value is -3.54. The van der Waals surface area contributed by atoms with Gasteiger partial charge in [0.1, 0.15) is 17.1 Å². The van der Waals surface area contributed by atoms with Gasteiger partial charge in [-0.25, -0.2) is 4.98 Å². The number of carbonyl (C=O) groups excluding carboxylic acids is 1. The summed E-state index contributed by atoms with van der Waals surface area (Å²) in [7, 11) is 0. The van der Waals surface area contributed by atoms with Crippen LogP contribution in [-0.2, 0) is 0 Å². The average molecular weight is 378 g/mol. The van der Waals surface area contributed by atoms with E-state index in [1.165, 1.54) is 0 Å². The number of hydrogen-bond acceptors (Lipinski definition) is 5. The van der Waals surface area contributed by atoms with Crippen LogP contribution in [0.5, 0.6) is 23.1 Å². The van der Waals surface area contributed by atoms with Crippen molar-refractivity contribution in [1.82, 2.24) is 4.98 Å². The largest absolute Gasteiger partial charge is 0.494 e. The molecule has 3 aromatic rings. The maximum atomic E-state index is 12.7. The van der Waals surface area contributed by atoms with Gasteiger partial charge in [-0.2, -0.15) is 0 Å². The molecule has 0 aliphatic heterocycles. The Bertz CT molecular complexity index is 926. The lowest BCUT2D eigenvalue weighted by Gasteiger charge is -2.13. The van der Waals surface area contributed by atoms with Gasteiger partial charge in [-0.05, 0) is 62.4 Å². The fraction of sp³-hybridized carbons (Fsp3) is 0.182. The first-order chi connectivity index (χ1) is 13.7. The van der Waals surface area contributed by atoms with E-state index in [9.17, 15) is 4.79 Å². The van der Waals surface area contributed by atoms with Crippen molar-refractivity contribution in [2.24, 2.45) is 0 Å². The Kier molecular flexibility index (Phi) is 6.46. The molecule has 1 amide bonds. The molecular formula is C22H22N2O4. The zero-order chi connectivity index (χ0) is 19.8. The van der Waals surface area contributed by atoms with Crippen LogP contribution in [0.25, 0.3) is 0 Å². The molecule has 6 nitrogen and oxygen atoms in total. The van der Waals surface area contributed by atoms with Gasteiger partial charge in [-0.1, -0.05) is 12.1 Å². The van der Waals surface area contributed by atoms with E-state index in [2.05, 4.69) is 10.3 Å². The van der Waals surface area contributed by atoms with E-state index in [0.29, 0.717) is 41.8 Å². The van der Waals surface area contributed by atoms with E-state index in [0.717, 1.165) is 5.75 Å². The summed E-state index contributed by atoms with van der Waals surface area (Å²) in [5, 5.41) is 2.87. The Balaban J connectivity index is 1.78. The molecule has 0 aliphatic rings. The first-order valence-corrected chi connectivity index (χ1v) is 9.10. The number of anilines is 1. The molecule has 0 saturated carbocycles. The van der Waals surface area contributed by atoms with Crippen molar-refractivity contribution in [3.63, 3.8) is 0 Å². The normalized spacial score (nSPS) is 10.2. The van der Waals surface area contributed by atoms with E-state index in [4.69, 9.17) is 14.2 Å². The summed E-state index contributed by atoms with van der Waals surface area (Å²) in [6.45, 7) is 4.81. The van der Waals surface area contributed by atoms with Crippen molar-refractivity contribution >= 4 is 11.6 Å². The second-order valence-corrected chi connectivity index (χ2v) is 5.75. The fourth-order valence-corrected chi connectivity index (χ4v) is 2.56. The van der Waals surface area contributed by atoms with Gasteiger partial charge in [-0.15, -0.1) is 0 Å². The molecule has 28 heavy (non-hydrogen) atoms. The van der Waals surface area contributed by atoms with Crippen LogP contribution in [0, 0.1) is 0 Å². The van der Waals surface area contributed by atoms with E-state index in [1.807, 2.05) is 50.2 Å². The van der Waals surface area contributed by atoms with E-state index >= 15 is 0 Å². The molecule has 3 rings (SSSR count). The number of nitrogens with zero attached hydrogens (tertiary/aromatic N) is 1. The molecular weight excluding hydrogens is 356 g/mol. The van der Waals surface area contributed by atoms with Gasteiger partial charge in [0.05, 0.1) is 18.9 Å². The van der Waals surface area contributed by atoms with Crippen molar-refractivity contribution in [2.75, 3.05) is 18.5 Å². The SMILES string of the molecule is CCOc1ccc(Oc2ccccc2NC(=O)c2cccnc2OCC)cc1. The molecule has 6 heteroatoms. The van der Waals surface area contributed by atoms with Crippen LogP contribution in [0.3, 0.4) is 0 Å². The zero-order valence-corrected chi connectivity index (χ0v) is 15.8. The lowest BCUT2D eigenvalue weighted by molar-refractivity contribution is 0.102. The number of nitrogens with one attached hydrogen (secondary N) is 1. The number of rotatable bonds is 8. The average Bonchev–Trinajstić information content (AvgIpc) is 2.72. The second-order valence-electron chi connectivity index (χ2n) is 5.75. The molecule has 0 radical (unpaired) electrons. The summed E-state index contributed by atoms with van der Waals surface area (Å²) in [4.78, 5) is 16.8. The molecule has 2 aromatic carbocycles. The molecule has 0 fully saturated rings. The summed E-state index contributed by atoms with van der Waals surface area (Å²) in [5.41, 5.74) is 0.910. The van der Waals surface area contributed by atoms with Crippen LogP contribution in [0.4, 0.5) is 5.69 Å². The Morgan fingerprint density at radius 3 is 2.36 bits per heavy atom. The Labute approximate surface area is 164 Å². The lowest BCUT2D eigenvalue weighted by Crippen LogP contribution is -2.14. The smallest absolute Gasteiger partial charge is 0.261 e. The third kappa shape index (κ3) is 4.79. The van der Waals surface area contributed by atoms with Crippen LogP contribution >= 0.6 is 0 Å². The van der Waals surface area contributed by atoms with Crippen LogP contribution in [0.2, 0.25) is 0 Å². The first kappa shape index (κ1) is 19.2. The molecule has 0 atom stereocenters. The van der Waals surface area contributed by atoms with Crippen LogP contribution in [0.1, 0.15) is 24.2 Å². The number of para-hydroxylation sites is 2. The number of benzene rings is 2. The maximum Gasteiger partial charge on any atom is 0.261 e. The van der Waals surface area contributed by atoms with Crippen molar-refractivity contribution in [3.8, 4) is 23.1 Å². The number of amides is 1. The molecule has 1 N–H and O–H groups in total. The van der Waals surface area contributed by atoms with Crippen molar-refractivity contribution in [2.45, 2.75) is 13.8 Å². The van der Waals surface area contributed by atoms with Crippen LogP contribution in [0.15, 0.2) is 66.9 Å². The van der Waals surface area contributed by atoms with Gasteiger partial charge < -0.3 is 19.5 Å². The van der Waals surface area contributed by atoms with E-state index in [-0.39, 0.29) is 5.91 Å². The number of carbonyl (C=O) groups is 1. The molecule has 1 aromatic heterocycles. The lowest BCUT2D eigenvalue weighted by atomic mass is 10.2. The number of aromatic nitrogens is 1. The minimum atomic E-state index is -0.320. The fourth-order valence-electron chi connectivity index (χ4n) is 2.56. The number of ether oxygens (including phenoxy) is 3. The molecule has 0 bridgehead atoms. The van der Waals surface area contributed by atoms with Crippen molar-refractivity contribution < 1.29 is 19.0 Å². The summed E-state index contributed by atoms with van der Waals surface area (Å²) in [5.74, 6) is 1.92. The standard InChI is InChI=1S/C22H22N2O4/c1-3-26-16-11-13-17(14-12-16)28-20-10-6-5-9-19(20)24-21(25)18-8-7-15-23-22(18)27-4-2/h5-15H,3-4H2,1-2H3,(H,24,25). The highest BCUT2D eigenvalue weighted by Crippen LogP contribution is 2.31. The maximum absolute atomic E-state index is 12.7. The summed E-state index contributed by atoms with van der Waals surface area (Å²) >= 11 is 0. The number of pyridine rings is 1. The highest BCUT2D eigenvalue weighted by atomic mass is 16.5. The van der Waals surface area contributed by atoms with Crippen molar-refractivity contribution in [1.29, 1.82) is 0 Å². The second kappa shape index (κ2) is 9.41.